The molecule has 0 heterocycles. The molecule has 0 aliphatic carbocycles. The Morgan fingerprint density at radius 3 is 2.41 bits per heavy atom. The van der Waals surface area contributed by atoms with E-state index in [0.29, 0.717) is 5.39 Å². The van der Waals surface area contributed by atoms with Crippen LogP contribution in [0.15, 0.2) is 65.6 Å². The van der Waals surface area contributed by atoms with E-state index < -0.39 is 22.0 Å². The number of benzene rings is 3. The standard InChI is InChI=1S/C19H15NO6S/c1-12(21)26-17-11-14(9-10-16(17)19(22)23)20-27(24,25)18-8-4-6-13-5-2-3-7-15(13)18/h2-11,20H,1H3,(H,22,23). The Balaban J connectivity index is 2.03. The third-order valence-electron chi connectivity index (χ3n) is 3.76. The molecular formula is C19H15NO6S. The third kappa shape index (κ3) is 3.90. The van der Waals surface area contributed by atoms with Crippen molar-refractivity contribution in [1.29, 1.82) is 0 Å². The lowest BCUT2D eigenvalue weighted by atomic mass is 10.1. The van der Waals surface area contributed by atoms with E-state index in [0.717, 1.165) is 18.4 Å². The zero-order valence-electron chi connectivity index (χ0n) is 14.2. The Labute approximate surface area is 155 Å². The summed E-state index contributed by atoms with van der Waals surface area (Å²) in [4.78, 5) is 22.5. The van der Waals surface area contributed by atoms with Crippen LogP contribution >= 0.6 is 0 Å². The quantitative estimate of drug-likeness (QED) is 0.515. The summed E-state index contributed by atoms with van der Waals surface area (Å²) in [6.45, 7) is 1.12. The van der Waals surface area contributed by atoms with Gasteiger partial charge in [0.15, 0.2) is 0 Å². The van der Waals surface area contributed by atoms with Crippen molar-refractivity contribution in [3.63, 3.8) is 0 Å². The van der Waals surface area contributed by atoms with Gasteiger partial charge < -0.3 is 9.84 Å². The number of rotatable bonds is 5. The highest BCUT2D eigenvalue weighted by Gasteiger charge is 2.20. The zero-order valence-corrected chi connectivity index (χ0v) is 15.0. The molecule has 27 heavy (non-hydrogen) atoms. The van der Waals surface area contributed by atoms with E-state index in [1.165, 1.54) is 18.2 Å². The van der Waals surface area contributed by atoms with Gasteiger partial charge in [0.05, 0.1) is 10.6 Å². The molecule has 3 aromatic carbocycles. The number of nitrogens with one attached hydrogen (secondary N) is 1. The zero-order chi connectivity index (χ0) is 19.6. The van der Waals surface area contributed by atoms with Crippen molar-refractivity contribution < 1.29 is 27.9 Å². The van der Waals surface area contributed by atoms with Gasteiger partial charge in [0, 0.05) is 18.4 Å². The first-order valence-corrected chi connectivity index (χ1v) is 9.32. The van der Waals surface area contributed by atoms with E-state index >= 15 is 0 Å². The van der Waals surface area contributed by atoms with Crippen LogP contribution in [0.25, 0.3) is 10.8 Å². The number of anilines is 1. The molecule has 0 unspecified atom stereocenters. The molecule has 0 amide bonds. The maximum absolute atomic E-state index is 12.8. The van der Waals surface area contributed by atoms with Gasteiger partial charge in [-0.3, -0.25) is 9.52 Å². The molecule has 138 valence electrons. The molecule has 0 spiro atoms. The highest BCUT2D eigenvalue weighted by atomic mass is 32.2. The second-order valence-electron chi connectivity index (χ2n) is 5.69. The number of carboxylic acid groups (broad SMARTS) is 1. The van der Waals surface area contributed by atoms with Crippen molar-refractivity contribution in [3.8, 4) is 5.75 Å². The average Bonchev–Trinajstić information content (AvgIpc) is 2.60. The normalized spacial score (nSPS) is 11.1. The van der Waals surface area contributed by atoms with Gasteiger partial charge in [-0.2, -0.15) is 0 Å². The molecule has 7 nitrogen and oxygen atoms in total. The molecule has 0 aliphatic rings. The van der Waals surface area contributed by atoms with Gasteiger partial charge >= 0.3 is 11.9 Å². The second kappa shape index (κ2) is 7.08. The van der Waals surface area contributed by atoms with E-state index in [1.54, 1.807) is 30.3 Å². The fraction of sp³-hybridized carbons (Fsp3) is 0.0526. The van der Waals surface area contributed by atoms with Gasteiger partial charge in [0.25, 0.3) is 10.0 Å². The summed E-state index contributed by atoms with van der Waals surface area (Å²) >= 11 is 0. The summed E-state index contributed by atoms with van der Waals surface area (Å²) in [5.74, 6) is -2.26. The Bertz CT molecular complexity index is 1150. The molecule has 0 aromatic heterocycles. The number of sulfonamides is 1. The minimum atomic E-state index is -3.96. The van der Waals surface area contributed by atoms with Gasteiger partial charge in [-0.05, 0) is 23.6 Å². The van der Waals surface area contributed by atoms with Crippen LogP contribution in [-0.2, 0) is 14.8 Å². The Hall–Kier alpha value is -3.39. The number of fused-ring (bicyclic) bond motifs is 1. The topological polar surface area (TPSA) is 110 Å². The lowest BCUT2D eigenvalue weighted by molar-refractivity contribution is -0.131. The molecule has 3 rings (SSSR count). The molecule has 0 saturated heterocycles. The SMILES string of the molecule is CC(=O)Oc1cc(NS(=O)(=O)c2cccc3ccccc23)ccc1C(=O)O. The Kier molecular flexibility index (Phi) is 4.83. The van der Waals surface area contributed by atoms with Crippen LogP contribution in [0.5, 0.6) is 5.75 Å². The summed E-state index contributed by atoms with van der Waals surface area (Å²) < 4.78 is 32.9. The van der Waals surface area contributed by atoms with Crippen LogP contribution in [0.1, 0.15) is 17.3 Å². The molecule has 8 heteroatoms. The summed E-state index contributed by atoms with van der Waals surface area (Å²) in [5, 5.41) is 10.5. The molecule has 0 radical (unpaired) electrons. The maximum Gasteiger partial charge on any atom is 0.339 e. The van der Waals surface area contributed by atoms with Gasteiger partial charge in [-0.1, -0.05) is 36.4 Å². The molecular weight excluding hydrogens is 370 g/mol. The van der Waals surface area contributed by atoms with Crippen molar-refractivity contribution in [2.75, 3.05) is 4.72 Å². The van der Waals surface area contributed by atoms with Crippen molar-refractivity contribution >= 4 is 38.4 Å². The Morgan fingerprint density at radius 1 is 1.00 bits per heavy atom. The minimum Gasteiger partial charge on any atom is -0.478 e. The average molecular weight is 385 g/mol. The number of carbonyl (C=O) groups is 2. The van der Waals surface area contributed by atoms with Gasteiger partial charge in [-0.25, -0.2) is 13.2 Å². The number of hydrogen-bond acceptors (Lipinski definition) is 5. The fourth-order valence-corrected chi connectivity index (χ4v) is 3.92. The smallest absolute Gasteiger partial charge is 0.339 e. The molecule has 0 atom stereocenters. The molecule has 0 fully saturated rings. The minimum absolute atomic E-state index is 0.0733. The molecule has 0 bridgehead atoms. The maximum atomic E-state index is 12.8. The van der Waals surface area contributed by atoms with Crippen molar-refractivity contribution in [2.45, 2.75) is 11.8 Å². The Morgan fingerprint density at radius 2 is 1.70 bits per heavy atom. The first kappa shape index (κ1) is 18.4. The summed E-state index contributed by atoms with van der Waals surface area (Å²) in [6.07, 6.45) is 0. The van der Waals surface area contributed by atoms with E-state index in [2.05, 4.69) is 4.72 Å². The number of ether oxygens (including phenoxy) is 1. The predicted octanol–water partition coefficient (Wildman–Crippen LogP) is 3.26. The second-order valence-corrected chi connectivity index (χ2v) is 7.34. The summed E-state index contributed by atoms with van der Waals surface area (Å²) in [6, 6.07) is 15.6. The number of aromatic carboxylic acids is 1. The summed E-state index contributed by atoms with van der Waals surface area (Å²) in [7, 11) is -3.96. The number of carboxylic acids is 1. The molecule has 0 aliphatic heterocycles. The fourth-order valence-electron chi connectivity index (χ4n) is 2.64. The summed E-state index contributed by atoms with van der Waals surface area (Å²) in [5.41, 5.74) is -0.178. The van der Waals surface area contributed by atoms with E-state index in [-0.39, 0.29) is 21.9 Å². The first-order chi connectivity index (χ1) is 12.8. The highest BCUT2D eigenvalue weighted by molar-refractivity contribution is 7.93. The predicted molar refractivity (Wildman–Crippen MR) is 99.5 cm³/mol. The van der Waals surface area contributed by atoms with Gasteiger partial charge in [0.1, 0.15) is 11.3 Å². The lowest BCUT2D eigenvalue weighted by Crippen LogP contribution is -2.14. The van der Waals surface area contributed by atoms with Crippen molar-refractivity contribution in [1.82, 2.24) is 0 Å². The van der Waals surface area contributed by atoms with Crippen LogP contribution in [0.4, 0.5) is 5.69 Å². The van der Waals surface area contributed by atoms with E-state index in [9.17, 15) is 18.0 Å². The van der Waals surface area contributed by atoms with Crippen LogP contribution in [0, 0.1) is 0 Å². The van der Waals surface area contributed by atoms with E-state index in [4.69, 9.17) is 9.84 Å². The number of carbonyl (C=O) groups excluding carboxylic acids is 1. The van der Waals surface area contributed by atoms with Crippen LogP contribution in [-0.4, -0.2) is 25.5 Å². The van der Waals surface area contributed by atoms with Crippen molar-refractivity contribution in [2.24, 2.45) is 0 Å². The van der Waals surface area contributed by atoms with E-state index in [1.807, 2.05) is 6.07 Å². The van der Waals surface area contributed by atoms with Crippen LogP contribution < -0.4 is 9.46 Å². The number of hydrogen-bond donors (Lipinski definition) is 2. The number of esters is 1. The largest absolute Gasteiger partial charge is 0.478 e. The first-order valence-electron chi connectivity index (χ1n) is 7.84. The highest BCUT2D eigenvalue weighted by Crippen LogP contribution is 2.28. The van der Waals surface area contributed by atoms with Crippen LogP contribution in [0.2, 0.25) is 0 Å². The molecule has 0 saturated carbocycles. The lowest BCUT2D eigenvalue weighted by Gasteiger charge is -2.12. The van der Waals surface area contributed by atoms with Crippen molar-refractivity contribution in [3.05, 3.63) is 66.2 Å². The van der Waals surface area contributed by atoms with Gasteiger partial charge in [-0.15, -0.1) is 0 Å². The molecule has 3 aromatic rings. The van der Waals surface area contributed by atoms with Gasteiger partial charge in [0.2, 0.25) is 0 Å². The molecule has 2 N–H and O–H groups in total. The van der Waals surface area contributed by atoms with Crippen LogP contribution in [0.3, 0.4) is 0 Å². The monoisotopic (exact) mass is 385 g/mol. The third-order valence-corrected chi connectivity index (χ3v) is 5.20.